The summed E-state index contributed by atoms with van der Waals surface area (Å²) in [4.78, 5) is 28.5. The molecule has 30 heavy (non-hydrogen) atoms. The van der Waals surface area contributed by atoms with Crippen molar-refractivity contribution in [1.29, 1.82) is 0 Å². The molecule has 0 saturated heterocycles. The number of ether oxygens (including phenoxy) is 2. The lowest BCUT2D eigenvalue weighted by Gasteiger charge is -2.26. The van der Waals surface area contributed by atoms with Gasteiger partial charge in [0.25, 0.3) is 0 Å². The highest BCUT2D eigenvalue weighted by atomic mass is 32.2. The van der Waals surface area contributed by atoms with Gasteiger partial charge in [0.1, 0.15) is 12.3 Å². The van der Waals surface area contributed by atoms with Crippen LogP contribution in [-0.2, 0) is 9.47 Å². The molecule has 0 fully saturated rings. The van der Waals surface area contributed by atoms with Gasteiger partial charge in [0.2, 0.25) is 0 Å². The fourth-order valence-electron chi connectivity index (χ4n) is 2.31. The number of thioether (sulfide) groups is 1. The summed E-state index contributed by atoms with van der Waals surface area (Å²) < 4.78 is 11.4. The zero-order chi connectivity index (χ0) is 22.5. The van der Waals surface area contributed by atoms with Crippen molar-refractivity contribution in [2.24, 2.45) is 0 Å². The number of rotatable bonds is 8. The normalized spacial score (nSPS) is 12.1. The lowest BCUT2D eigenvalue weighted by molar-refractivity contribution is 0.0500. The molecule has 2 aromatic rings. The molecule has 0 aliphatic rings. The number of aromatic nitrogens is 3. The van der Waals surface area contributed by atoms with Crippen molar-refractivity contribution in [1.82, 2.24) is 15.0 Å². The molecule has 10 heteroatoms. The first-order valence-corrected chi connectivity index (χ1v) is 15.6. The Morgan fingerprint density at radius 1 is 1.23 bits per heavy atom. The molecule has 2 aromatic heterocycles. The van der Waals surface area contributed by atoms with Gasteiger partial charge in [-0.15, -0.1) is 0 Å². The molecule has 2 heterocycles. The fourth-order valence-corrected chi connectivity index (χ4v) is 4.36. The Labute approximate surface area is 188 Å². The third-order valence-corrected chi connectivity index (χ3v) is 7.21. The van der Waals surface area contributed by atoms with Crippen LogP contribution >= 0.6 is 23.1 Å². The van der Waals surface area contributed by atoms with Crippen LogP contribution < -0.4 is 4.90 Å². The Kier molecular flexibility index (Phi) is 8.43. The Morgan fingerprint density at radius 3 is 2.53 bits per heavy atom. The van der Waals surface area contributed by atoms with E-state index in [2.05, 4.69) is 34.6 Å². The molecular weight excluding hydrogens is 436 g/mol. The molecule has 0 aromatic carbocycles. The van der Waals surface area contributed by atoms with Gasteiger partial charge in [-0.2, -0.15) is 0 Å². The van der Waals surface area contributed by atoms with Gasteiger partial charge in [0, 0.05) is 27.1 Å². The van der Waals surface area contributed by atoms with E-state index in [4.69, 9.17) is 9.47 Å². The zero-order valence-corrected chi connectivity index (χ0v) is 21.7. The minimum atomic E-state index is -1.22. The smallest absolute Gasteiger partial charge is 0.418 e. The summed E-state index contributed by atoms with van der Waals surface area (Å²) in [6, 6.07) is 1.02. The Balaban J connectivity index is 2.24. The van der Waals surface area contributed by atoms with Gasteiger partial charge in [-0.05, 0) is 45.6 Å². The lowest BCUT2D eigenvalue weighted by Crippen LogP contribution is -2.38. The summed E-state index contributed by atoms with van der Waals surface area (Å²) in [5.41, 5.74) is 1.17. The number of carbonyl (C=O) groups is 1. The molecule has 0 atom stereocenters. The number of anilines is 1. The zero-order valence-electron chi connectivity index (χ0n) is 19.1. The summed E-state index contributed by atoms with van der Waals surface area (Å²) >= 11 is 2.88. The molecule has 0 unspecified atom stereocenters. The van der Waals surface area contributed by atoms with E-state index >= 15 is 0 Å². The molecule has 0 aliphatic carbocycles. The van der Waals surface area contributed by atoms with Gasteiger partial charge in [-0.25, -0.2) is 24.6 Å². The third kappa shape index (κ3) is 7.64. The van der Waals surface area contributed by atoms with Gasteiger partial charge >= 0.3 is 6.09 Å². The van der Waals surface area contributed by atoms with Crippen LogP contribution in [0.15, 0.2) is 17.6 Å². The largest absolute Gasteiger partial charge is 0.443 e. The average Bonchev–Trinajstić information content (AvgIpc) is 3.09. The second-order valence-electron chi connectivity index (χ2n) is 9.15. The van der Waals surface area contributed by atoms with E-state index in [1.54, 1.807) is 12.4 Å². The van der Waals surface area contributed by atoms with Crippen LogP contribution in [0.2, 0.25) is 25.7 Å². The quantitative estimate of drug-likeness (QED) is 0.162. The summed E-state index contributed by atoms with van der Waals surface area (Å²) in [6.45, 7) is 15.1. The van der Waals surface area contributed by atoms with Crippen molar-refractivity contribution in [2.75, 3.05) is 24.5 Å². The van der Waals surface area contributed by atoms with E-state index in [1.165, 1.54) is 28.0 Å². The number of carbonyl (C=O) groups excluding carboxylic acids is 1. The van der Waals surface area contributed by atoms with E-state index in [1.807, 2.05) is 34.0 Å². The molecule has 2 rings (SSSR count). The minimum Gasteiger partial charge on any atom is -0.443 e. The lowest BCUT2D eigenvalue weighted by atomic mass is 10.2. The van der Waals surface area contributed by atoms with Gasteiger partial charge in [-0.1, -0.05) is 42.7 Å². The molecule has 0 N–H and O–H groups in total. The van der Waals surface area contributed by atoms with E-state index in [-0.39, 0.29) is 6.73 Å². The Morgan fingerprint density at radius 2 is 1.93 bits per heavy atom. The molecule has 166 valence electrons. The molecule has 0 saturated carbocycles. The van der Waals surface area contributed by atoms with Crippen molar-refractivity contribution >= 4 is 42.4 Å². The van der Waals surface area contributed by atoms with Crippen molar-refractivity contribution < 1.29 is 14.3 Å². The third-order valence-electron chi connectivity index (χ3n) is 3.92. The summed E-state index contributed by atoms with van der Waals surface area (Å²) in [5.74, 6) is 0. The van der Waals surface area contributed by atoms with Crippen LogP contribution in [0.5, 0.6) is 0 Å². The van der Waals surface area contributed by atoms with E-state index < -0.39 is 19.8 Å². The maximum atomic E-state index is 12.8. The van der Waals surface area contributed by atoms with E-state index in [0.717, 1.165) is 22.2 Å². The number of hydrogen-bond acceptors (Lipinski definition) is 8. The van der Waals surface area contributed by atoms with Crippen LogP contribution in [0.4, 0.5) is 9.93 Å². The highest BCUT2D eigenvalue weighted by Crippen LogP contribution is 2.33. The maximum Gasteiger partial charge on any atom is 0.418 e. The van der Waals surface area contributed by atoms with E-state index in [9.17, 15) is 4.79 Å². The van der Waals surface area contributed by atoms with Crippen LogP contribution in [0, 0.1) is 6.92 Å². The van der Waals surface area contributed by atoms with Gasteiger partial charge in [0.15, 0.2) is 10.3 Å². The summed E-state index contributed by atoms with van der Waals surface area (Å²) in [5, 5.41) is 1.22. The molecule has 0 spiro atoms. The molecule has 7 nitrogen and oxygen atoms in total. The second-order valence-corrected chi connectivity index (χ2v) is 16.6. The Hall–Kier alpha value is -1.49. The summed E-state index contributed by atoms with van der Waals surface area (Å²) in [6.07, 6.45) is 5.01. The van der Waals surface area contributed by atoms with Gasteiger partial charge in [-0.3, -0.25) is 0 Å². The predicted octanol–water partition coefficient (Wildman–Crippen LogP) is 5.68. The first-order valence-electron chi connectivity index (χ1n) is 9.82. The van der Waals surface area contributed by atoms with Crippen LogP contribution in [0.1, 0.15) is 26.3 Å². The number of thiazole rings is 1. The van der Waals surface area contributed by atoms with Crippen molar-refractivity contribution in [3.63, 3.8) is 0 Å². The fraction of sp³-hybridized carbons (Fsp3) is 0.600. The maximum absolute atomic E-state index is 12.8. The van der Waals surface area contributed by atoms with Crippen LogP contribution in [-0.4, -0.2) is 54.3 Å². The molecule has 0 bridgehead atoms. The Bertz CT molecular complexity index is 862. The monoisotopic (exact) mass is 468 g/mol. The van der Waals surface area contributed by atoms with Crippen molar-refractivity contribution in [3.05, 3.63) is 18.0 Å². The van der Waals surface area contributed by atoms with Gasteiger partial charge in [0.05, 0.1) is 10.6 Å². The first kappa shape index (κ1) is 24.8. The van der Waals surface area contributed by atoms with E-state index in [0.29, 0.717) is 16.9 Å². The van der Waals surface area contributed by atoms with Crippen LogP contribution in [0.25, 0.3) is 10.6 Å². The summed E-state index contributed by atoms with van der Waals surface area (Å²) in [7, 11) is -1.22. The number of nitrogens with zero attached hydrogens (tertiary/aromatic N) is 4. The van der Waals surface area contributed by atoms with Gasteiger partial charge < -0.3 is 9.47 Å². The van der Waals surface area contributed by atoms with Crippen LogP contribution in [0.3, 0.4) is 0 Å². The first-order chi connectivity index (χ1) is 13.9. The topological polar surface area (TPSA) is 77.4 Å². The number of hydrogen-bond donors (Lipinski definition) is 0. The molecule has 1 amide bonds. The molecule has 0 radical (unpaired) electrons. The second kappa shape index (κ2) is 10.2. The number of aryl methyl sites for hydroxylation is 1. The minimum absolute atomic E-state index is 0.102. The SMILES string of the molecule is CSc1ncc(C)c(-c2cnc(N(COCC[Si](C)(C)C)C(=O)OC(C)(C)C)s2)n1. The molecule has 0 aliphatic heterocycles. The number of amides is 1. The highest BCUT2D eigenvalue weighted by Gasteiger charge is 2.26. The average molecular weight is 469 g/mol. The highest BCUT2D eigenvalue weighted by molar-refractivity contribution is 7.98. The molecular formula is C20H32N4O3S2Si. The van der Waals surface area contributed by atoms with Crippen molar-refractivity contribution in [2.45, 2.75) is 64.1 Å². The predicted molar refractivity (Wildman–Crippen MR) is 127 cm³/mol. The standard InChI is InChI=1S/C20H32N4O3S2Si/c1-14-11-21-17(28-5)23-16(14)15-12-22-18(29-15)24(19(25)27-20(2,3)4)13-26-9-10-30(6,7)8/h11-12H,9-10,13H2,1-8H3. The van der Waals surface area contributed by atoms with Crippen molar-refractivity contribution in [3.8, 4) is 10.6 Å².